The molecule has 2 heteroatoms. The molecular weight excluding hydrogens is 160 g/mol. The number of anilines is 1. The number of rotatable bonds is 1. The Balaban J connectivity index is 2.15. The first-order valence-corrected chi connectivity index (χ1v) is 4.73. The van der Waals surface area contributed by atoms with Crippen LogP contribution in [0.4, 0.5) is 5.69 Å². The van der Waals surface area contributed by atoms with Crippen molar-refractivity contribution in [1.82, 2.24) is 5.32 Å². The van der Waals surface area contributed by atoms with E-state index in [-0.39, 0.29) is 0 Å². The third-order valence-corrected chi connectivity index (χ3v) is 2.44. The average molecular weight is 175 g/mol. The van der Waals surface area contributed by atoms with Gasteiger partial charge in [0.25, 0.3) is 0 Å². The molecule has 0 aromatic heterocycles. The van der Waals surface area contributed by atoms with Crippen molar-refractivity contribution in [3.8, 4) is 0 Å². The molecule has 0 amide bonds. The molecule has 1 aliphatic heterocycles. The summed E-state index contributed by atoms with van der Waals surface area (Å²) in [5.74, 6) is 0. The Bertz CT molecular complexity index is 258. The molecule has 0 spiro atoms. The number of nitrogens with one attached hydrogen (secondary N) is 1. The zero-order valence-corrected chi connectivity index (χ0v) is 7.74. The molecule has 1 aliphatic rings. The van der Waals surface area contributed by atoms with Crippen molar-refractivity contribution in [2.24, 2.45) is 0 Å². The van der Waals surface area contributed by atoms with Crippen molar-refractivity contribution >= 4 is 5.69 Å². The van der Waals surface area contributed by atoms with Gasteiger partial charge in [0, 0.05) is 31.4 Å². The van der Waals surface area contributed by atoms with Gasteiger partial charge in [0.1, 0.15) is 0 Å². The van der Waals surface area contributed by atoms with Crippen LogP contribution in [0.5, 0.6) is 0 Å². The fourth-order valence-electron chi connectivity index (χ4n) is 1.72. The Hall–Kier alpha value is -1.02. The molecule has 0 aliphatic carbocycles. The molecule has 1 N–H and O–H groups in total. The van der Waals surface area contributed by atoms with E-state index in [1.165, 1.54) is 5.69 Å². The number of para-hydroxylation sites is 1. The SMILES string of the molecule is [CH2]C1CNCCN1c1ccccc1. The van der Waals surface area contributed by atoms with Crippen LogP contribution in [0.3, 0.4) is 0 Å². The van der Waals surface area contributed by atoms with Gasteiger partial charge in [-0.3, -0.25) is 0 Å². The van der Waals surface area contributed by atoms with Crippen LogP contribution in [0.2, 0.25) is 0 Å². The second-order valence-corrected chi connectivity index (χ2v) is 3.39. The second-order valence-electron chi connectivity index (χ2n) is 3.39. The van der Waals surface area contributed by atoms with Gasteiger partial charge in [0.2, 0.25) is 0 Å². The van der Waals surface area contributed by atoms with E-state index in [4.69, 9.17) is 0 Å². The van der Waals surface area contributed by atoms with E-state index in [9.17, 15) is 0 Å². The number of hydrogen-bond acceptors (Lipinski definition) is 2. The molecule has 1 aromatic carbocycles. The highest BCUT2D eigenvalue weighted by Crippen LogP contribution is 2.16. The van der Waals surface area contributed by atoms with Crippen LogP contribution in [0.25, 0.3) is 0 Å². The van der Waals surface area contributed by atoms with Gasteiger partial charge in [0.05, 0.1) is 0 Å². The van der Waals surface area contributed by atoms with E-state index < -0.39 is 0 Å². The molecular formula is C11H15N2. The lowest BCUT2D eigenvalue weighted by Gasteiger charge is -2.35. The monoisotopic (exact) mass is 175 g/mol. The molecule has 1 aromatic rings. The standard InChI is InChI=1S/C11H15N2/c1-10-9-12-7-8-13(10)11-5-3-2-4-6-11/h2-6,10,12H,1,7-9H2. The van der Waals surface area contributed by atoms with Gasteiger partial charge < -0.3 is 10.2 Å². The van der Waals surface area contributed by atoms with E-state index in [0.717, 1.165) is 19.6 Å². The van der Waals surface area contributed by atoms with Gasteiger partial charge >= 0.3 is 0 Å². The summed E-state index contributed by atoms with van der Waals surface area (Å²) in [5.41, 5.74) is 1.28. The van der Waals surface area contributed by atoms with Crippen molar-refractivity contribution in [2.75, 3.05) is 24.5 Å². The Kier molecular flexibility index (Phi) is 2.50. The minimum atomic E-state index is 0.358. The molecule has 0 bridgehead atoms. The molecule has 13 heavy (non-hydrogen) atoms. The summed E-state index contributed by atoms with van der Waals surface area (Å²) in [4.78, 5) is 2.34. The van der Waals surface area contributed by atoms with Crippen molar-refractivity contribution in [3.63, 3.8) is 0 Å². The van der Waals surface area contributed by atoms with Crippen molar-refractivity contribution in [3.05, 3.63) is 37.3 Å². The Labute approximate surface area is 79.6 Å². The Morgan fingerprint density at radius 3 is 2.77 bits per heavy atom. The molecule has 1 unspecified atom stereocenters. The molecule has 1 radical (unpaired) electrons. The summed E-state index contributed by atoms with van der Waals surface area (Å²) in [6.45, 7) is 7.21. The molecule has 1 atom stereocenters. The van der Waals surface area contributed by atoms with Crippen LogP contribution in [-0.2, 0) is 0 Å². The molecule has 0 saturated carbocycles. The number of piperazine rings is 1. The lowest BCUT2D eigenvalue weighted by molar-refractivity contribution is 0.527. The lowest BCUT2D eigenvalue weighted by atomic mass is 10.2. The minimum absolute atomic E-state index is 0.358. The maximum Gasteiger partial charge on any atom is 0.0415 e. The zero-order chi connectivity index (χ0) is 9.10. The van der Waals surface area contributed by atoms with Crippen LogP contribution in [0.1, 0.15) is 0 Å². The van der Waals surface area contributed by atoms with E-state index in [2.05, 4.69) is 41.4 Å². The largest absolute Gasteiger partial charge is 0.366 e. The van der Waals surface area contributed by atoms with Crippen molar-refractivity contribution < 1.29 is 0 Å². The van der Waals surface area contributed by atoms with Gasteiger partial charge in [0.15, 0.2) is 0 Å². The van der Waals surface area contributed by atoms with E-state index >= 15 is 0 Å². The highest BCUT2D eigenvalue weighted by molar-refractivity contribution is 5.47. The summed E-state index contributed by atoms with van der Waals surface area (Å²) in [6.07, 6.45) is 0. The number of nitrogens with zero attached hydrogens (tertiary/aromatic N) is 1. The first kappa shape index (κ1) is 8.57. The molecule has 69 valence electrons. The summed E-state index contributed by atoms with van der Waals surface area (Å²) < 4.78 is 0. The van der Waals surface area contributed by atoms with Gasteiger partial charge in [-0.25, -0.2) is 0 Å². The normalized spacial score (nSPS) is 23.2. The van der Waals surface area contributed by atoms with Crippen LogP contribution < -0.4 is 10.2 Å². The Morgan fingerprint density at radius 2 is 2.08 bits per heavy atom. The summed E-state index contributed by atoms with van der Waals surface area (Å²) in [7, 11) is 0. The predicted molar refractivity (Wildman–Crippen MR) is 55.8 cm³/mol. The van der Waals surface area contributed by atoms with Crippen LogP contribution in [0.15, 0.2) is 30.3 Å². The molecule has 1 saturated heterocycles. The van der Waals surface area contributed by atoms with E-state index in [0.29, 0.717) is 6.04 Å². The maximum absolute atomic E-state index is 4.12. The van der Waals surface area contributed by atoms with Crippen LogP contribution in [-0.4, -0.2) is 25.7 Å². The Morgan fingerprint density at radius 1 is 1.31 bits per heavy atom. The van der Waals surface area contributed by atoms with Crippen LogP contribution in [0, 0.1) is 6.92 Å². The number of benzene rings is 1. The fraction of sp³-hybridized carbons (Fsp3) is 0.364. The van der Waals surface area contributed by atoms with Gasteiger partial charge in [-0.15, -0.1) is 0 Å². The molecule has 2 nitrogen and oxygen atoms in total. The van der Waals surface area contributed by atoms with Crippen molar-refractivity contribution in [1.29, 1.82) is 0 Å². The summed E-state index contributed by atoms with van der Waals surface area (Å²) >= 11 is 0. The molecule has 1 heterocycles. The number of hydrogen-bond donors (Lipinski definition) is 1. The van der Waals surface area contributed by atoms with E-state index in [1.807, 2.05) is 6.07 Å². The smallest absolute Gasteiger partial charge is 0.0415 e. The first-order valence-electron chi connectivity index (χ1n) is 4.73. The van der Waals surface area contributed by atoms with Gasteiger partial charge in [-0.2, -0.15) is 0 Å². The van der Waals surface area contributed by atoms with Gasteiger partial charge in [-0.05, 0) is 19.1 Å². The fourth-order valence-corrected chi connectivity index (χ4v) is 1.72. The molecule has 2 rings (SSSR count). The quantitative estimate of drug-likeness (QED) is 0.692. The van der Waals surface area contributed by atoms with E-state index in [1.54, 1.807) is 0 Å². The third kappa shape index (κ3) is 1.83. The summed E-state index contributed by atoms with van der Waals surface area (Å²) in [5, 5.41) is 3.33. The topological polar surface area (TPSA) is 15.3 Å². The van der Waals surface area contributed by atoms with Crippen LogP contribution >= 0.6 is 0 Å². The van der Waals surface area contributed by atoms with Gasteiger partial charge in [-0.1, -0.05) is 18.2 Å². The maximum atomic E-state index is 4.12. The lowest BCUT2D eigenvalue weighted by Crippen LogP contribution is -2.50. The minimum Gasteiger partial charge on any atom is -0.366 e. The average Bonchev–Trinajstić information content (AvgIpc) is 2.20. The third-order valence-electron chi connectivity index (χ3n) is 2.44. The second kappa shape index (κ2) is 3.79. The highest BCUT2D eigenvalue weighted by Gasteiger charge is 2.17. The predicted octanol–water partition coefficient (Wildman–Crippen LogP) is 1.30. The zero-order valence-electron chi connectivity index (χ0n) is 7.74. The first-order chi connectivity index (χ1) is 6.38. The highest BCUT2D eigenvalue weighted by atomic mass is 15.2. The molecule has 1 fully saturated rings. The van der Waals surface area contributed by atoms with Crippen molar-refractivity contribution in [2.45, 2.75) is 6.04 Å². The summed E-state index contributed by atoms with van der Waals surface area (Å²) in [6, 6.07) is 10.8.